The minimum Gasteiger partial charge on any atom is -0.466 e. The highest BCUT2D eigenvalue weighted by Crippen LogP contribution is 2.28. The molecule has 4 rings (SSSR count). The number of nitrogens with zero attached hydrogens (tertiary/aromatic N) is 3. The number of carbonyl (C=O) groups excluding carboxylic acids is 1. The molecule has 0 radical (unpaired) electrons. The first-order valence-corrected chi connectivity index (χ1v) is 13.3. The van der Waals surface area contributed by atoms with Gasteiger partial charge >= 0.3 is 5.97 Å². The van der Waals surface area contributed by atoms with Crippen molar-refractivity contribution in [3.05, 3.63) is 94.6 Å². The van der Waals surface area contributed by atoms with Crippen LogP contribution < -0.4 is 0 Å². The molecule has 186 valence electrons. The van der Waals surface area contributed by atoms with Crippen LogP contribution in [0, 0.1) is 18.3 Å². The van der Waals surface area contributed by atoms with Crippen molar-refractivity contribution in [3.8, 4) is 6.07 Å². The van der Waals surface area contributed by atoms with E-state index in [4.69, 9.17) is 4.74 Å². The van der Waals surface area contributed by atoms with Gasteiger partial charge in [0.1, 0.15) is 6.07 Å². The van der Waals surface area contributed by atoms with E-state index in [-0.39, 0.29) is 17.3 Å². The zero-order chi connectivity index (χ0) is 26.0. The number of benzene rings is 1. The van der Waals surface area contributed by atoms with Gasteiger partial charge in [-0.3, -0.25) is 4.79 Å². The third-order valence-electron chi connectivity index (χ3n) is 6.43. The highest BCUT2D eigenvalue weighted by Gasteiger charge is 2.23. The van der Waals surface area contributed by atoms with Gasteiger partial charge in [0.2, 0.25) is 0 Å². The maximum Gasteiger partial charge on any atom is 0.310 e. The van der Waals surface area contributed by atoms with Gasteiger partial charge in [-0.05, 0) is 72.9 Å². The molecule has 4 aromatic rings. The van der Waals surface area contributed by atoms with Crippen molar-refractivity contribution >= 4 is 21.5 Å². The standard InChI is InChI=1S/C28H29N3O4S/c1-5-35-28(32)16-25-20(4)27(30-18-21(17-29)8-13-26(25)30)15-23-7-6-14-31(23)36(33,34)24-11-9-22(10-12-24)19(2)3/h6-14,18-19H,5,15-16H2,1-4H3. The predicted octanol–water partition coefficient (Wildman–Crippen LogP) is 4.98. The smallest absolute Gasteiger partial charge is 0.310 e. The normalized spacial score (nSPS) is 11.7. The lowest BCUT2D eigenvalue weighted by atomic mass is 10.0. The highest BCUT2D eigenvalue weighted by molar-refractivity contribution is 7.90. The number of fused-ring (bicyclic) bond motifs is 1. The van der Waals surface area contributed by atoms with Gasteiger partial charge in [0, 0.05) is 35.7 Å². The molecule has 0 atom stereocenters. The zero-order valence-corrected chi connectivity index (χ0v) is 21.7. The molecule has 0 unspecified atom stereocenters. The van der Waals surface area contributed by atoms with Crippen LogP contribution in [-0.4, -0.2) is 29.4 Å². The maximum absolute atomic E-state index is 13.5. The number of aromatic nitrogens is 2. The molecule has 36 heavy (non-hydrogen) atoms. The van der Waals surface area contributed by atoms with Gasteiger partial charge in [-0.15, -0.1) is 0 Å². The number of hydrogen-bond acceptors (Lipinski definition) is 5. The molecule has 0 saturated heterocycles. The van der Waals surface area contributed by atoms with Crippen LogP contribution in [0.5, 0.6) is 0 Å². The second-order valence-corrected chi connectivity index (χ2v) is 10.8. The Morgan fingerprint density at radius 3 is 2.47 bits per heavy atom. The Morgan fingerprint density at radius 2 is 1.83 bits per heavy atom. The van der Waals surface area contributed by atoms with Gasteiger partial charge < -0.3 is 9.14 Å². The largest absolute Gasteiger partial charge is 0.466 e. The van der Waals surface area contributed by atoms with E-state index in [2.05, 4.69) is 19.9 Å². The first kappa shape index (κ1) is 25.3. The summed E-state index contributed by atoms with van der Waals surface area (Å²) in [5.74, 6) is -0.0311. The summed E-state index contributed by atoms with van der Waals surface area (Å²) in [5.41, 5.74) is 5.39. The number of hydrogen-bond donors (Lipinski definition) is 0. The van der Waals surface area contributed by atoms with E-state index in [1.165, 1.54) is 3.97 Å². The van der Waals surface area contributed by atoms with Crippen LogP contribution in [0.2, 0.25) is 0 Å². The van der Waals surface area contributed by atoms with Crippen LogP contribution in [0.1, 0.15) is 60.3 Å². The molecule has 1 aromatic carbocycles. The van der Waals surface area contributed by atoms with E-state index in [1.54, 1.807) is 49.6 Å². The summed E-state index contributed by atoms with van der Waals surface area (Å²) >= 11 is 0. The minimum absolute atomic E-state index is 0.0938. The Labute approximate surface area is 211 Å². The highest BCUT2D eigenvalue weighted by atomic mass is 32.2. The second-order valence-electron chi connectivity index (χ2n) is 9.02. The van der Waals surface area contributed by atoms with E-state index < -0.39 is 10.0 Å². The van der Waals surface area contributed by atoms with Gasteiger partial charge in [0.05, 0.1) is 23.5 Å². The molecule has 0 saturated carbocycles. The summed E-state index contributed by atoms with van der Waals surface area (Å²) < 4.78 is 35.4. The minimum atomic E-state index is -3.81. The Balaban J connectivity index is 1.78. The van der Waals surface area contributed by atoms with E-state index in [0.29, 0.717) is 30.2 Å². The number of pyridine rings is 1. The molecule has 0 spiro atoms. The average molecular weight is 504 g/mol. The van der Waals surface area contributed by atoms with E-state index in [0.717, 1.165) is 27.9 Å². The van der Waals surface area contributed by atoms with Gasteiger partial charge in [0.25, 0.3) is 10.0 Å². The third kappa shape index (κ3) is 4.67. The number of esters is 1. The Morgan fingerprint density at radius 1 is 1.11 bits per heavy atom. The summed E-state index contributed by atoms with van der Waals surface area (Å²) in [4.78, 5) is 12.5. The fourth-order valence-corrected chi connectivity index (χ4v) is 5.83. The number of carbonyl (C=O) groups is 1. The quantitative estimate of drug-likeness (QED) is 0.316. The van der Waals surface area contributed by atoms with Gasteiger partial charge in [-0.25, -0.2) is 12.4 Å². The molecule has 0 fully saturated rings. The third-order valence-corrected chi connectivity index (χ3v) is 8.18. The zero-order valence-electron chi connectivity index (χ0n) is 20.9. The molecule has 8 heteroatoms. The maximum atomic E-state index is 13.5. The van der Waals surface area contributed by atoms with Gasteiger partial charge in [0.15, 0.2) is 0 Å². The van der Waals surface area contributed by atoms with Crippen molar-refractivity contribution in [1.29, 1.82) is 5.26 Å². The topological polar surface area (TPSA) is 93.6 Å². The van der Waals surface area contributed by atoms with Crippen LogP contribution in [0.4, 0.5) is 0 Å². The molecular weight excluding hydrogens is 474 g/mol. The Bertz CT molecular complexity index is 1570. The summed E-state index contributed by atoms with van der Waals surface area (Å²) in [6.07, 6.45) is 3.66. The number of ether oxygens (including phenoxy) is 1. The van der Waals surface area contributed by atoms with Crippen LogP contribution in [0.15, 0.2) is 65.8 Å². The Kier molecular flexibility index (Phi) is 7.04. The van der Waals surface area contributed by atoms with Crippen LogP contribution in [0.25, 0.3) is 5.52 Å². The summed E-state index contributed by atoms with van der Waals surface area (Å²) in [5, 5.41) is 9.45. The van der Waals surface area contributed by atoms with Crippen LogP contribution in [-0.2, 0) is 32.4 Å². The van der Waals surface area contributed by atoms with Crippen molar-refractivity contribution in [2.45, 2.75) is 51.3 Å². The summed E-state index contributed by atoms with van der Waals surface area (Å²) in [6.45, 7) is 8.09. The summed E-state index contributed by atoms with van der Waals surface area (Å²) in [7, 11) is -3.81. The lowest BCUT2D eigenvalue weighted by molar-refractivity contribution is -0.142. The van der Waals surface area contributed by atoms with Crippen molar-refractivity contribution in [2.75, 3.05) is 6.61 Å². The molecule has 3 heterocycles. The summed E-state index contributed by atoms with van der Waals surface area (Å²) in [6, 6.07) is 16.1. The van der Waals surface area contributed by atoms with Crippen molar-refractivity contribution in [3.63, 3.8) is 0 Å². The van der Waals surface area contributed by atoms with Crippen molar-refractivity contribution in [1.82, 2.24) is 8.37 Å². The monoisotopic (exact) mass is 503 g/mol. The van der Waals surface area contributed by atoms with Crippen LogP contribution >= 0.6 is 0 Å². The number of rotatable bonds is 8. The number of nitriles is 1. The van der Waals surface area contributed by atoms with Gasteiger partial charge in [-0.2, -0.15) is 5.26 Å². The molecule has 0 aliphatic heterocycles. The van der Waals surface area contributed by atoms with E-state index in [1.807, 2.05) is 29.5 Å². The predicted molar refractivity (Wildman–Crippen MR) is 138 cm³/mol. The van der Waals surface area contributed by atoms with Gasteiger partial charge in [-0.1, -0.05) is 26.0 Å². The van der Waals surface area contributed by atoms with E-state index in [9.17, 15) is 18.5 Å². The molecule has 0 N–H and O–H groups in total. The SMILES string of the molecule is CCOC(=O)Cc1c(C)c(Cc2cccn2S(=O)(=O)c2ccc(C(C)C)cc2)n2cc(C#N)ccc12. The fraction of sp³-hybridized carbons (Fsp3) is 0.286. The molecule has 0 aliphatic carbocycles. The van der Waals surface area contributed by atoms with Crippen LogP contribution in [0.3, 0.4) is 0 Å². The molecule has 0 bridgehead atoms. The first-order valence-electron chi connectivity index (χ1n) is 11.9. The molecular formula is C28H29N3O4S. The lowest BCUT2D eigenvalue weighted by Gasteiger charge is -2.13. The molecule has 0 amide bonds. The first-order chi connectivity index (χ1) is 17.2. The molecule has 3 aromatic heterocycles. The molecule has 7 nitrogen and oxygen atoms in total. The lowest BCUT2D eigenvalue weighted by Crippen LogP contribution is -2.15. The van der Waals surface area contributed by atoms with Crippen molar-refractivity contribution < 1.29 is 17.9 Å². The molecule has 0 aliphatic rings. The van der Waals surface area contributed by atoms with E-state index >= 15 is 0 Å². The Hall–Kier alpha value is -3.83. The van der Waals surface area contributed by atoms with Crippen molar-refractivity contribution in [2.24, 2.45) is 0 Å². The second kappa shape index (κ2) is 10.0. The average Bonchev–Trinajstić information content (AvgIpc) is 3.43. The fourth-order valence-electron chi connectivity index (χ4n) is 4.46.